The lowest BCUT2D eigenvalue weighted by molar-refractivity contribution is -0.143. The Morgan fingerprint density at radius 2 is 2.00 bits per heavy atom. The summed E-state index contributed by atoms with van der Waals surface area (Å²) < 4.78 is 10.3. The van der Waals surface area contributed by atoms with E-state index in [4.69, 9.17) is 14.6 Å². The molecule has 1 amide bonds. The fraction of sp³-hybridized carbons (Fsp3) is 0.467. The molecule has 6 heteroatoms. The number of hydrogen-bond acceptors (Lipinski definition) is 4. The highest BCUT2D eigenvalue weighted by atomic mass is 16.5. The minimum atomic E-state index is -0.846. The third-order valence-corrected chi connectivity index (χ3v) is 3.77. The highest BCUT2D eigenvalue weighted by molar-refractivity contribution is 5.82. The molecule has 1 aliphatic carbocycles. The van der Waals surface area contributed by atoms with Gasteiger partial charge in [0.05, 0.1) is 26.1 Å². The second-order valence-electron chi connectivity index (χ2n) is 5.22. The number of carboxylic acids is 1. The molecule has 21 heavy (non-hydrogen) atoms. The number of carbonyl (C=O) groups is 2. The smallest absolute Gasteiger partial charge is 0.311 e. The molecule has 0 saturated heterocycles. The Morgan fingerprint density at radius 3 is 2.52 bits per heavy atom. The summed E-state index contributed by atoms with van der Waals surface area (Å²) in [5.74, 6) is 0.170. The van der Waals surface area contributed by atoms with Gasteiger partial charge < -0.3 is 19.9 Å². The van der Waals surface area contributed by atoms with Gasteiger partial charge in [0.15, 0.2) is 0 Å². The summed E-state index contributed by atoms with van der Waals surface area (Å²) in [6, 6.07) is 5.23. The van der Waals surface area contributed by atoms with Gasteiger partial charge in [-0.3, -0.25) is 9.59 Å². The zero-order valence-electron chi connectivity index (χ0n) is 12.1. The minimum absolute atomic E-state index is 0.121. The van der Waals surface area contributed by atoms with Gasteiger partial charge in [0.25, 0.3) is 0 Å². The van der Waals surface area contributed by atoms with Crippen molar-refractivity contribution in [2.75, 3.05) is 20.8 Å². The minimum Gasteiger partial charge on any atom is -0.497 e. The van der Waals surface area contributed by atoms with Crippen LogP contribution in [-0.2, 0) is 16.0 Å². The highest BCUT2D eigenvalue weighted by Gasteiger charge is 2.50. The van der Waals surface area contributed by atoms with E-state index in [-0.39, 0.29) is 18.9 Å². The summed E-state index contributed by atoms with van der Waals surface area (Å²) in [6.45, 7) is 0.174. The third-order valence-electron chi connectivity index (χ3n) is 3.77. The Hall–Kier alpha value is -2.24. The van der Waals surface area contributed by atoms with Gasteiger partial charge in [0.1, 0.15) is 11.5 Å². The van der Waals surface area contributed by atoms with Crippen molar-refractivity contribution in [1.29, 1.82) is 0 Å². The number of benzene rings is 1. The van der Waals surface area contributed by atoms with Crippen molar-refractivity contribution in [3.05, 3.63) is 23.8 Å². The van der Waals surface area contributed by atoms with E-state index in [9.17, 15) is 9.59 Å². The van der Waals surface area contributed by atoms with E-state index in [1.54, 1.807) is 25.3 Å². The number of hydrogen-bond donors (Lipinski definition) is 2. The van der Waals surface area contributed by atoms with Gasteiger partial charge in [-0.05, 0) is 31.0 Å². The maximum Gasteiger partial charge on any atom is 0.311 e. The highest BCUT2D eigenvalue weighted by Crippen LogP contribution is 2.45. The number of aliphatic carboxylic acids is 1. The molecule has 1 aliphatic rings. The summed E-state index contributed by atoms with van der Waals surface area (Å²) in [5, 5.41) is 11.8. The first kappa shape index (κ1) is 15.2. The first-order valence-electron chi connectivity index (χ1n) is 6.72. The van der Waals surface area contributed by atoms with Crippen LogP contribution in [0.2, 0.25) is 0 Å². The Labute approximate surface area is 123 Å². The lowest BCUT2D eigenvalue weighted by Gasteiger charge is -2.13. The molecule has 2 rings (SSSR count). The van der Waals surface area contributed by atoms with Crippen molar-refractivity contribution in [1.82, 2.24) is 5.32 Å². The van der Waals surface area contributed by atoms with Crippen molar-refractivity contribution in [2.24, 2.45) is 5.41 Å². The average molecular weight is 293 g/mol. The fourth-order valence-electron chi connectivity index (χ4n) is 2.14. The van der Waals surface area contributed by atoms with E-state index < -0.39 is 11.4 Å². The number of ether oxygens (including phenoxy) is 2. The van der Waals surface area contributed by atoms with Crippen molar-refractivity contribution in [3.8, 4) is 11.5 Å². The summed E-state index contributed by atoms with van der Waals surface area (Å²) in [4.78, 5) is 23.0. The van der Waals surface area contributed by atoms with E-state index in [2.05, 4.69) is 5.32 Å². The normalized spacial score (nSPS) is 15.1. The largest absolute Gasteiger partial charge is 0.497 e. The summed E-state index contributed by atoms with van der Waals surface area (Å²) in [7, 11) is 3.09. The molecule has 1 aromatic rings. The molecule has 0 bridgehead atoms. The molecule has 0 heterocycles. The molecule has 0 atom stereocenters. The van der Waals surface area contributed by atoms with Gasteiger partial charge >= 0.3 is 5.97 Å². The van der Waals surface area contributed by atoms with Crippen LogP contribution in [0.15, 0.2) is 18.2 Å². The Balaban J connectivity index is 1.97. The summed E-state index contributed by atoms with van der Waals surface area (Å²) >= 11 is 0. The predicted molar refractivity (Wildman–Crippen MR) is 75.6 cm³/mol. The maximum atomic E-state index is 12.0. The molecule has 6 nitrogen and oxygen atoms in total. The van der Waals surface area contributed by atoms with Crippen molar-refractivity contribution >= 4 is 11.9 Å². The Bertz CT molecular complexity index is 551. The van der Waals surface area contributed by atoms with Crippen LogP contribution in [0, 0.1) is 5.41 Å². The summed E-state index contributed by atoms with van der Waals surface area (Å²) in [6.07, 6.45) is 1.35. The first-order valence-corrected chi connectivity index (χ1v) is 6.72. The van der Waals surface area contributed by atoms with Gasteiger partial charge in [-0.2, -0.15) is 0 Å². The first-order chi connectivity index (χ1) is 10.0. The second-order valence-corrected chi connectivity index (χ2v) is 5.22. The van der Waals surface area contributed by atoms with Crippen LogP contribution in [0.4, 0.5) is 0 Å². The molecule has 2 N–H and O–H groups in total. The van der Waals surface area contributed by atoms with Gasteiger partial charge in [-0.1, -0.05) is 0 Å². The van der Waals surface area contributed by atoms with E-state index in [0.29, 0.717) is 29.9 Å². The molecule has 1 aromatic carbocycles. The van der Waals surface area contributed by atoms with Gasteiger partial charge in [-0.25, -0.2) is 0 Å². The molecule has 0 spiro atoms. The molecule has 114 valence electrons. The van der Waals surface area contributed by atoms with Gasteiger partial charge in [0, 0.05) is 12.1 Å². The number of methoxy groups -OCH3 is 2. The van der Waals surface area contributed by atoms with Crippen LogP contribution < -0.4 is 14.8 Å². The molecule has 0 unspecified atom stereocenters. The molecular formula is C15H19NO5. The SMILES string of the molecule is COc1ccc(OC)c(CC(=O)NCC2(C(=O)O)CC2)c1. The quantitative estimate of drug-likeness (QED) is 0.789. The van der Waals surface area contributed by atoms with Crippen LogP contribution in [0.1, 0.15) is 18.4 Å². The average Bonchev–Trinajstić information content (AvgIpc) is 3.26. The number of amides is 1. The topological polar surface area (TPSA) is 84.9 Å². The van der Waals surface area contributed by atoms with Crippen LogP contribution in [0.3, 0.4) is 0 Å². The number of rotatable bonds is 7. The Kier molecular flexibility index (Phi) is 4.35. The summed E-state index contributed by atoms with van der Waals surface area (Å²) in [5.41, 5.74) is -0.0526. The Morgan fingerprint density at radius 1 is 1.29 bits per heavy atom. The monoisotopic (exact) mass is 293 g/mol. The predicted octanol–water partition coefficient (Wildman–Crippen LogP) is 1.23. The number of nitrogens with one attached hydrogen (secondary N) is 1. The number of carbonyl (C=O) groups excluding carboxylic acids is 1. The number of carboxylic acid groups (broad SMARTS) is 1. The van der Waals surface area contributed by atoms with Crippen molar-refractivity contribution in [2.45, 2.75) is 19.3 Å². The molecule has 1 saturated carbocycles. The zero-order valence-corrected chi connectivity index (χ0v) is 12.1. The molecular weight excluding hydrogens is 274 g/mol. The van der Waals surface area contributed by atoms with E-state index in [0.717, 1.165) is 0 Å². The zero-order chi connectivity index (χ0) is 15.5. The van der Waals surface area contributed by atoms with Crippen molar-refractivity contribution in [3.63, 3.8) is 0 Å². The molecule has 1 fully saturated rings. The van der Waals surface area contributed by atoms with E-state index in [1.165, 1.54) is 7.11 Å². The molecule has 0 aromatic heterocycles. The lowest BCUT2D eigenvalue weighted by atomic mass is 10.1. The standard InChI is InChI=1S/C15H19NO5/c1-20-11-3-4-12(21-2)10(7-11)8-13(17)16-9-15(5-6-15)14(18)19/h3-4,7H,5-6,8-9H2,1-2H3,(H,16,17)(H,18,19). The van der Waals surface area contributed by atoms with Gasteiger partial charge in [0.2, 0.25) is 5.91 Å². The van der Waals surface area contributed by atoms with Crippen molar-refractivity contribution < 1.29 is 24.2 Å². The second kappa shape index (κ2) is 6.03. The van der Waals surface area contributed by atoms with E-state index in [1.807, 2.05) is 0 Å². The van der Waals surface area contributed by atoms with Gasteiger partial charge in [-0.15, -0.1) is 0 Å². The van der Waals surface area contributed by atoms with E-state index >= 15 is 0 Å². The van der Waals surface area contributed by atoms with Crippen LogP contribution in [-0.4, -0.2) is 37.7 Å². The van der Waals surface area contributed by atoms with Crippen LogP contribution in [0.5, 0.6) is 11.5 Å². The molecule has 0 aliphatic heterocycles. The van der Waals surface area contributed by atoms with Crippen LogP contribution >= 0.6 is 0 Å². The molecule has 0 radical (unpaired) electrons. The lowest BCUT2D eigenvalue weighted by Crippen LogP contribution is -2.35. The third kappa shape index (κ3) is 3.45. The van der Waals surface area contributed by atoms with Crippen LogP contribution in [0.25, 0.3) is 0 Å². The maximum absolute atomic E-state index is 12.0. The fourth-order valence-corrected chi connectivity index (χ4v) is 2.14.